The molecule has 0 saturated heterocycles. The third kappa shape index (κ3) is 3.63. The zero-order valence-corrected chi connectivity index (χ0v) is 16.1. The molecule has 27 heavy (non-hydrogen) atoms. The van der Waals surface area contributed by atoms with E-state index < -0.39 is 5.54 Å². The summed E-state index contributed by atoms with van der Waals surface area (Å²) < 4.78 is 11.5. The number of aromatic nitrogens is 1. The number of fused-ring (bicyclic) bond motifs is 1. The van der Waals surface area contributed by atoms with Crippen molar-refractivity contribution in [2.45, 2.75) is 31.4 Å². The van der Waals surface area contributed by atoms with E-state index in [4.69, 9.17) is 20.9 Å². The van der Waals surface area contributed by atoms with Gasteiger partial charge in [-0.3, -0.25) is 0 Å². The maximum absolute atomic E-state index is 6.78. The largest absolute Gasteiger partial charge is 0.493 e. The van der Waals surface area contributed by atoms with Crippen molar-refractivity contribution in [3.8, 4) is 11.5 Å². The minimum Gasteiger partial charge on any atom is -0.493 e. The molecule has 0 amide bonds. The number of nitrogens with two attached hydrogens (primary N) is 2. The van der Waals surface area contributed by atoms with Crippen LogP contribution in [0.5, 0.6) is 11.5 Å². The molecule has 0 bridgehead atoms. The highest BCUT2D eigenvalue weighted by Gasteiger charge is 2.34. The number of nitrogen functional groups attached to an aromatic ring is 1. The van der Waals surface area contributed by atoms with Gasteiger partial charge in [0.1, 0.15) is 6.61 Å². The Labute approximate surface area is 162 Å². The van der Waals surface area contributed by atoms with Crippen molar-refractivity contribution in [2.24, 2.45) is 5.73 Å². The third-order valence-electron chi connectivity index (χ3n) is 5.05. The van der Waals surface area contributed by atoms with Crippen LogP contribution in [0.4, 0.5) is 5.13 Å². The van der Waals surface area contributed by atoms with Gasteiger partial charge in [0.05, 0.1) is 12.8 Å². The van der Waals surface area contributed by atoms with Gasteiger partial charge in [-0.25, -0.2) is 4.98 Å². The van der Waals surface area contributed by atoms with Gasteiger partial charge in [-0.05, 0) is 36.1 Å². The van der Waals surface area contributed by atoms with Gasteiger partial charge in [-0.2, -0.15) is 0 Å². The normalized spacial score (nSPS) is 18.7. The molecule has 1 atom stereocenters. The molecule has 0 fully saturated rings. The maximum Gasteiger partial charge on any atom is 0.180 e. The highest BCUT2D eigenvalue weighted by Crippen LogP contribution is 2.40. The number of hydrogen-bond acceptors (Lipinski definition) is 6. The van der Waals surface area contributed by atoms with E-state index in [1.807, 2.05) is 48.5 Å². The summed E-state index contributed by atoms with van der Waals surface area (Å²) in [6.07, 6.45) is 2.41. The van der Waals surface area contributed by atoms with Crippen molar-refractivity contribution >= 4 is 16.5 Å². The number of anilines is 1. The zero-order chi connectivity index (χ0) is 18.9. The third-order valence-corrected chi connectivity index (χ3v) is 5.98. The molecule has 1 aliphatic carbocycles. The molecule has 0 radical (unpaired) electrons. The summed E-state index contributed by atoms with van der Waals surface area (Å²) in [6, 6.07) is 16.1. The molecule has 1 heterocycles. The lowest BCUT2D eigenvalue weighted by molar-refractivity contribution is 0.283. The van der Waals surface area contributed by atoms with E-state index in [2.05, 4.69) is 4.98 Å². The average Bonchev–Trinajstić information content (AvgIpc) is 3.06. The topological polar surface area (TPSA) is 83.4 Å². The van der Waals surface area contributed by atoms with Gasteiger partial charge >= 0.3 is 0 Å². The molecule has 0 saturated carbocycles. The van der Waals surface area contributed by atoms with Crippen LogP contribution in [-0.4, -0.2) is 12.1 Å². The average molecular weight is 382 g/mol. The van der Waals surface area contributed by atoms with Crippen molar-refractivity contribution in [2.75, 3.05) is 12.8 Å². The summed E-state index contributed by atoms with van der Waals surface area (Å²) in [5.74, 6) is 1.41. The van der Waals surface area contributed by atoms with Crippen molar-refractivity contribution in [1.29, 1.82) is 0 Å². The molecule has 0 spiro atoms. The lowest BCUT2D eigenvalue weighted by Crippen LogP contribution is -2.41. The van der Waals surface area contributed by atoms with E-state index in [1.54, 1.807) is 7.11 Å². The molecule has 1 aromatic heterocycles. The van der Waals surface area contributed by atoms with Gasteiger partial charge in [0.25, 0.3) is 0 Å². The van der Waals surface area contributed by atoms with Crippen LogP contribution >= 0.6 is 11.3 Å². The lowest BCUT2D eigenvalue weighted by Gasteiger charge is -2.33. The molecule has 4 N–H and O–H groups in total. The first-order valence-electron chi connectivity index (χ1n) is 8.95. The fourth-order valence-electron chi connectivity index (χ4n) is 3.53. The second-order valence-corrected chi connectivity index (χ2v) is 8.01. The number of nitrogens with zero attached hydrogens (tertiary/aromatic N) is 1. The highest BCUT2D eigenvalue weighted by molar-refractivity contribution is 7.15. The van der Waals surface area contributed by atoms with Crippen LogP contribution in [-0.2, 0) is 25.0 Å². The zero-order valence-electron chi connectivity index (χ0n) is 15.3. The SMILES string of the molecule is COc1cc(C2(N)CCc3nc(N)sc3C2)ccc1OCc1ccccc1. The van der Waals surface area contributed by atoms with E-state index >= 15 is 0 Å². The number of rotatable bonds is 5. The quantitative estimate of drug-likeness (QED) is 0.705. The second-order valence-electron chi connectivity index (χ2n) is 6.89. The first kappa shape index (κ1) is 17.8. The van der Waals surface area contributed by atoms with Crippen LogP contribution in [0.2, 0.25) is 0 Å². The molecule has 6 heteroatoms. The number of methoxy groups -OCH3 is 1. The number of thiazole rings is 1. The molecule has 2 aromatic carbocycles. The molecule has 1 aliphatic rings. The minimum atomic E-state index is -0.447. The van der Waals surface area contributed by atoms with E-state index in [-0.39, 0.29) is 0 Å². The fraction of sp³-hybridized carbons (Fsp3) is 0.286. The van der Waals surface area contributed by atoms with Gasteiger partial charge in [-0.1, -0.05) is 36.4 Å². The van der Waals surface area contributed by atoms with Crippen molar-refractivity contribution in [3.63, 3.8) is 0 Å². The summed E-state index contributed by atoms with van der Waals surface area (Å²) >= 11 is 1.54. The van der Waals surface area contributed by atoms with Crippen LogP contribution in [0, 0.1) is 0 Å². The van der Waals surface area contributed by atoms with Crippen molar-refractivity contribution in [1.82, 2.24) is 4.98 Å². The van der Waals surface area contributed by atoms with Gasteiger partial charge in [0, 0.05) is 16.8 Å². The van der Waals surface area contributed by atoms with Crippen molar-refractivity contribution in [3.05, 3.63) is 70.2 Å². The van der Waals surface area contributed by atoms with Crippen LogP contribution < -0.4 is 20.9 Å². The van der Waals surface area contributed by atoms with Crippen LogP contribution in [0.25, 0.3) is 0 Å². The molecule has 1 unspecified atom stereocenters. The monoisotopic (exact) mass is 381 g/mol. The Morgan fingerprint density at radius 3 is 2.74 bits per heavy atom. The predicted molar refractivity (Wildman–Crippen MR) is 108 cm³/mol. The Morgan fingerprint density at radius 1 is 1.15 bits per heavy atom. The summed E-state index contributed by atoms with van der Waals surface area (Å²) in [6.45, 7) is 0.494. The number of ether oxygens (including phenoxy) is 2. The maximum atomic E-state index is 6.78. The first-order valence-corrected chi connectivity index (χ1v) is 9.77. The minimum absolute atomic E-state index is 0.447. The van der Waals surface area contributed by atoms with Gasteiger partial charge < -0.3 is 20.9 Å². The van der Waals surface area contributed by atoms with E-state index in [0.717, 1.165) is 36.1 Å². The highest BCUT2D eigenvalue weighted by atomic mass is 32.1. The Kier molecular flexibility index (Phi) is 4.76. The summed E-state index contributed by atoms with van der Waals surface area (Å²) in [5, 5.41) is 0.617. The second kappa shape index (κ2) is 7.21. The van der Waals surface area contributed by atoms with E-state index in [1.165, 1.54) is 16.2 Å². The number of aryl methyl sites for hydroxylation is 1. The molecule has 140 valence electrons. The van der Waals surface area contributed by atoms with E-state index in [0.29, 0.717) is 23.2 Å². The molecular formula is C21H23N3O2S. The molecule has 4 rings (SSSR count). The van der Waals surface area contributed by atoms with Gasteiger partial charge in [-0.15, -0.1) is 11.3 Å². The van der Waals surface area contributed by atoms with Gasteiger partial charge in [0.2, 0.25) is 0 Å². The van der Waals surface area contributed by atoms with Crippen molar-refractivity contribution < 1.29 is 9.47 Å². The Bertz CT molecular complexity index is 942. The summed E-state index contributed by atoms with van der Waals surface area (Å²) in [7, 11) is 1.65. The van der Waals surface area contributed by atoms with Crippen LogP contribution in [0.15, 0.2) is 48.5 Å². The van der Waals surface area contributed by atoms with Crippen LogP contribution in [0.3, 0.4) is 0 Å². The smallest absolute Gasteiger partial charge is 0.180 e. The molecule has 0 aliphatic heterocycles. The summed E-state index contributed by atoms with van der Waals surface area (Å²) in [5.41, 5.74) is 15.4. The molecule has 3 aromatic rings. The van der Waals surface area contributed by atoms with E-state index in [9.17, 15) is 0 Å². The van der Waals surface area contributed by atoms with Crippen LogP contribution in [0.1, 0.15) is 28.1 Å². The summed E-state index contributed by atoms with van der Waals surface area (Å²) in [4.78, 5) is 5.59. The molecular weight excluding hydrogens is 358 g/mol. The fourth-order valence-corrected chi connectivity index (χ4v) is 4.53. The van der Waals surface area contributed by atoms with Gasteiger partial charge in [0.15, 0.2) is 16.6 Å². The predicted octanol–water partition coefficient (Wildman–Crippen LogP) is 3.66. The molecule has 5 nitrogen and oxygen atoms in total. The Hall–Kier alpha value is -2.57. The standard InChI is InChI=1S/C21H23N3O2S/c1-25-18-11-15(7-8-17(18)26-13-14-5-3-2-4-6-14)21(23)10-9-16-19(12-21)27-20(22)24-16/h2-8,11H,9-10,12-13,23H2,1H3,(H2,22,24). The number of benzene rings is 2. The number of hydrogen-bond donors (Lipinski definition) is 2. The Balaban J connectivity index is 1.56. The Morgan fingerprint density at radius 2 is 1.96 bits per heavy atom. The first-order chi connectivity index (χ1) is 13.1. The lowest BCUT2D eigenvalue weighted by atomic mass is 9.78.